The Bertz CT molecular complexity index is 819. The summed E-state index contributed by atoms with van der Waals surface area (Å²) < 4.78 is 20.1. The van der Waals surface area contributed by atoms with Crippen LogP contribution in [0.2, 0.25) is 0 Å². The minimum atomic E-state index is -1.06. The third kappa shape index (κ3) is 4.08. The fourth-order valence-corrected chi connectivity index (χ4v) is 3.08. The molecular weight excluding hydrogens is 341 g/mol. The van der Waals surface area contributed by atoms with Gasteiger partial charge in [-0.25, -0.2) is 13.9 Å². The molecule has 0 fully saturated rings. The summed E-state index contributed by atoms with van der Waals surface area (Å²) in [4.78, 5) is 22.9. The van der Waals surface area contributed by atoms with Crippen LogP contribution in [0.25, 0.3) is 5.69 Å². The molecule has 1 aromatic carbocycles. The Labute approximate surface area is 149 Å². The summed E-state index contributed by atoms with van der Waals surface area (Å²) in [5.41, 5.74) is 2.76. The SMILES string of the molecule is O=C(O)COCCNC(=O)c1nn(-c2cccc(F)c2)c2c1CCCC2. The van der Waals surface area contributed by atoms with Crippen LogP contribution in [0.4, 0.5) is 4.39 Å². The minimum absolute atomic E-state index is 0.102. The maximum absolute atomic E-state index is 13.6. The lowest BCUT2D eigenvalue weighted by molar-refractivity contribution is -0.142. The highest BCUT2D eigenvalue weighted by Gasteiger charge is 2.25. The summed E-state index contributed by atoms with van der Waals surface area (Å²) in [6, 6.07) is 6.13. The average molecular weight is 361 g/mol. The highest BCUT2D eigenvalue weighted by molar-refractivity contribution is 5.94. The van der Waals surface area contributed by atoms with E-state index in [0.29, 0.717) is 11.4 Å². The molecule has 138 valence electrons. The normalized spacial score (nSPS) is 13.3. The van der Waals surface area contributed by atoms with E-state index < -0.39 is 12.6 Å². The van der Waals surface area contributed by atoms with Gasteiger partial charge in [-0.3, -0.25) is 4.79 Å². The van der Waals surface area contributed by atoms with Crippen LogP contribution in [-0.2, 0) is 22.4 Å². The lowest BCUT2D eigenvalue weighted by Gasteiger charge is -2.14. The first-order valence-corrected chi connectivity index (χ1v) is 8.50. The molecule has 0 atom stereocenters. The molecule has 0 unspecified atom stereocenters. The van der Waals surface area contributed by atoms with E-state index >= 15 is 0 Å². The van der Waals surface area contributed by atoms with Gasteiger partial charge in [0.1, 0.15) is 12.4 Å². The van der Waals surface area contributed by atoms with Crippen molar-refractivity contribution < 1.29 is 23.8 Å². The number of carboxylic acids is 1. The largest absolute Gasteiger partial charge is 0.480 e. The van der Waals surface area contributed by atoms with Crippen molar-refractivity contribution in [3.8, 4) is 5.69 Å². The molecule has 0 radical (unpaired) electrons. The van der Waals surface area contributed by atoms with Crippen LogP contribution in [-0.4, -0.2) is 46.5 Å². The molecule has 0 aliphatic heterocycles. The second-order valence-electron chi connectivity index (χ2n) is 6.07. The van der Waals surface area contributed by atoms with E-state index in [1.807, 2.05) is 0 Å². The molecule has 8 heteroatoms. The molecule has 3 rings (SSSR count). The van der Waals surface area contributed by atoms with Crippen LogP contribution in [0.5, 0.6) is 0 Å². The molecule has 26 heavy (non-hydrogen) atoms. The number of fused-ring (bicyclic) bond motifs is 1. The first-order valence-electron chi connectivity index (χ1n) is 8.50. The molecule has 0 saturated carbocycles. The number of carbonyl (C=O) groups excluding carboxylic acids is 1. The zero-order valence-electron chi connectivity index (χ0n) is 14.2. The number of carbonyl (C=O) groups is 2. The molecule has 0 bridgehead atoms. The minimum Gasteiger partial charge on any atom is -0.480 e. The number of rotatable bonds is 7. The summed E-state index contributed by atoms with van der Waals surface area (Å²) >= 11 is 0. The predicted molar refractivity (Wildman–Crippen MR) is 91.0 cm³/mol. The quantitative estimate of drug-likeness (QED) is 0.733. The van der Waals surface area contributed by atoms with Gasteiger partial charge in [0.2, 0.25) is 0 Å². The summed E-state index contributed by atoms with van der Waals surface area (Å²) in [6.45, 7) is -0.113. The van der Waals surface area contributed by atoms with Gasteiger partial charge in [-0.05, 0) is 43.9 Å². The summed E-state index contributed by atoms with van der Waals surface area (Å²) in [7, 11) is 0. The number of nitrogens with zero attached hydrogens (tertiary/aromatic N) is 2. The van der Waals surface area contributed by atoms with E-state index in [-0.39, 0.29) is 24.9 Å². The highest BCUT2D eigenvalue weighted by atomic mass is 19.1. The van der Waals surface area contributed by atoms with Crippen LogP contribution < -0.4 is 5.32 Å². The molecule has 1 aromatic heterocycles. The summed E-state index contributed by atoms with van der Waals surface area (Å²) in [5.74, 6) is -1.75. The summed E-state index contributed by atoms with van der Waals surface area (Å²) in [6.07, 6.45) is 3.51. The van der Waals surface area contributed by atoms with Crippen molar-refractivity contribution in [3.05, 3.63) is 47.0 Å². The topological polar surface area (TPSA) is 93.4 Å². The van der Waals surface area contributed by atoms with Crippen LogP contribution >= 0.6 is 0 Å². The second-order valence-corrected chi connectivity index (χ2v) is 6.07. The number of amides is 1. The van der Waals surface area contributed by atoms with Crippen molar-refractivity contribution in [2.45, 2.75) is 25.7 Å². The fraction of sp³-hybridized carbons (Fsp3) is 0.389. The predicted octanol–water partition coefficient (Wildman–Crippen LogP) is 1.72. The monoisotopic (exact) mass is 361 g/mol. The number of benzene rings is 1. The number of aliphatic carboxylic acids is 1. The fourth-order valence-electron chi connectivity index (χ4n) is 3.08. The van der Waals surface area contributed by atoms with Gasteiger partial charge in [-0.2, -0.15) is 5.10 Å². The number of aromatic nitrogens is 2. The Morgan fingerprint density at radius 1 is 1.31 bits per heavy atom. The Balaban J connectivity index is 1.77. The first kappa shape index (κ1) is 18.1. The number of halogens is 1. The van der Waals surface area contributed by atoms with Crippen molar-refractivity contribution in [2.75, 3.05) is 19.8 Å². The lowest BCUT2D eigenvalue weighted by Crippen LogP contribution is -2.29. The number of hydrogen-bond donors (Lipinski definition) is 2. The van der Waals surface area contributed by atoms with Crippen molar-refractivity contribution in [1.29, 1.82) is 0 Å². The molecule has 1 amide bonds. The van der Waals surface area contributed by atoms with Crippen LogP contribution in [0, 0.1) is 5.82 Å². The van der Waals surface area contributed by atoms with Crippen LogP contribution in [0.3, 0.4) is 0 Å². The molecule has 0 spiro atoms. The van der Waals surface area contributed by atoms with Gasteiger partial charge >= 0.3 is 5.97 Å². The van der Waals surface area contributed by atoms with Gasteiger partial charge in [0.05, 0.1) is 12.3 Å². The number of ether oxygens (including phenoxy) is 1. The van der Waals surface area contributed by atoms with Gasteiger partial charge in [-0.1, -0.05) is 6.07 Å². The molecular formula is C18H20FN3O4. The van der Waals surface area contributed by atoms with Crippen molar-refractivity contribution in [1.82, 2.24) is 15.1 Å². The second kappa shape index (κ2) is 8.09. The third-order valence-electron chi connectivity index (χ3n) is 4.21. The first-order chi connectivity index (χ1) is 12.6. The Morgan fingerprint density at radius 2 is 2.12 bits per heavy atom. The third-order valence-corrected chi connectivity index (χ3v) is 4.21. The number of carboxylic acid groups (broad SMARTS) is 1. The Morgan fingerprint density at radius 3 is 2.88 bits per heavy atom. The van der Waals surface area contributed by atoms with Crippen LogP contribution in [0.1, 0.15) is 34.6 Å². The van der Waals surface area contributed by atoms with Gasteiger partial charge in [0.15, 0.2) is 5.69 Å². The molecule has 1 heterocycles. The van der Waals surface area contributed by atoms with E-state index in [1.165, 1.54) is 12.1 Å². The van der Waals surface area contributed by atoms with E-state index in [1.54, 1.807) is 16.8 Å². The van der Waals surface area contributed by atoms with Gasteiger partial charge in [0, 0.05) is 17.8 Å². The summed E-state index contributed by atoms with van der Waals surface area (Å²) in [5, 5.41) is 15.6. The molecule has 1 aliphatic carbocycles. The smallest absolute Gasteiger partial charge is 0.329 e. The Kier molecular flexibility index (Phi) is 5.62. The highest BCUT2D eigenvalue weighted by Crippen LogP contribution is 2.27. The molecule has 2 N–H and O–H groups in total. The van der Waals surface area contributed by atoms with E-state index in [4.69, 9.17) is 9.84 Å². The van der Waals surface area contributed by atoms with Gasteiger partial charge < -0.3 is 15.2 Å². The van der Waals surface area contributed by atoms with E-state index in [2.05, 4.69) is 10.4 Å². The maximum Gasteiger partial charge on any atom is 0.329 e. The van der Waals surface area contributed by atoms with E-state index in [0.717, 1.165) is 36.9 Å². The number of nitrogens with one attached hydrogen (secondary N) is 1. The van der Waals surface area contributed by atoms with Crippen molar-refractivity contribution in [3.63, 3.8) is 0 Å². The Hall–Kier alpha value is -2.74. The zero-order valence-corrected chi connectivity index (χ0v) is 14.2. The van der Waals surface area contributed by atoms with E-state index in [9.17, 15) is 14.0 Å². The van der Waals surface area contributed by atoms with Gasteiger partial charge in [-0.15, -0.1) is 0 Å². The van der Waals surface area contributed by atoms with Crippen LogP contribution in [0.15, 0.2) is 24.3 Å². The molecule has 2 aromatic rings. The standard InChI is InChI=1S/C18H20FN3O4/c19-12-4-3-5-13(10-12)22-15-7-2-1-6-14(15)17(21-22)18(25)20-8-9-26-11-16(23)24/h3-5,10H,1-2,6-9,11H2,(H,20,25)(H,23,24). The van der Waals surface area contributed by atoms with Crippen molar-refractivity contribution in [2.24, 2.45) is 0 Å². The number of hydrogen-bond acceptors (Lipinski definition) is 4. The maximum atomic E-state index is 13.6. The zero-order chi connectivity index (χ0) is 18.5. The molecule has 7 nitrogen and oxygen atoms in total. The van der Waals surface area contributed by atoms with Gasteiger partial charge in [0.25, 0.3) is 5.91 Å². The molecule has 1 aliphatic rings. The van der Waals surface area contributed by atoms with Crippen molar-refractivity contribution >= 4 is 11.9 Å². The lowest BCUT2D eigenvalue weighted by atomic mass is 9.95. The average Bonchev–Trinajstić information content (AvgIpc) is 3.01. The molecule has 0 saturated heterocycles.